The molecule has 11 rings (SSSR count). The minimum atomic E-state index is 1.13. The quantitative estimate of drug-likeness (QED) is 0.171. The van der Waals surface area contributed by atoms with Crippen LogP contribution in [0.1, 0.15) is 0 Å². The van der Waals surface area contributed by atoms with Crippen molar-refractivity contribution >= 4 is 112 Å². The van der Waals surface area contributed by atoms with Crippen LogP contribution in [0.4, 0.5) is 17.1 Å². The molecule has 3 aromatic heterocycles. The Morgan fingerprint density at radius 2 is 0.750 bits per heavy atom. The molecule has 0 saturated carbocycles. The van der Waals surface area contributed by atoms with Gasteiger partial charge in [-0.3, -0.25) is 0 Å². The van der Waals surface area contributed by atoms with Gasteiger partial charge in [-0.2, -0.15) is 0 Å². The van der Waals surface area contributed by atoms with Crippen molar-refractivity contribution in [3.05, 3.63) is 176 Å². The second-order valence-electron chi connectivity index (χ2n) is 13.3. The van der Waals surface area contributed by atoms with Crippen molar-refractivity contribution in [1.29, 1.82) is 0 Å². The van der Waals surface area contributed by atoms with E-state index in [4.69, 9.17) is 0 Å². The molecule has 0 unspecified atom stereocenters. The average molecular weight is 716 g/mol. The van der Waals surface area contributed by atoms with E-state index in [1.54, 1.807) is 0 Å². The van der Waals surface area contributed by atoms with Crippen molar-refractivity contribution in [2.45, 2.75) is 0 Å². The first-order chi connectivity index (χ1) is 25.7. The minimum absolute atomic E-state index is 1.13. The zero-order valence-electron chi connectivity index (χ0n) is 27.9. The summed E-state index contributed by atoms with van der Waals surface area (Å²) in [7, 11) is 0. The number of anilines is 3. The fourth-order valence-corrected chi connectivity index (χ4v) is 11.2. The Labute approximate surface area is 312 Å². The van der Waals surface area contributed by atoms with E-state index in [2.05, 4.69) is 181 Å². The van der Waals surface area contributed by atoms with Gasteiger partial charge in [0.05, 0.1) is 0 Å². The Bertz CT molecular complexity index is 3130. The van der Waals surface area contributed by atoms with Gasteiger partial charge in [0.25, 0.3) is 0 Å². The van der Waals surface area contributed by atoms with Crippen LogP contribution in [0.5, 0.6) is 0 Å². The highest BCUT2D eigenvalue weighted by Crippen LogP contribution is 2.44. The molecule has 4 heteroatoms. The van der Waals surface area contributed by atoms with Crippen LogP contribution in [0, 0.1) is 0 Å². The zero-order chi connectivity index (χ0) is 34.2. The molecule has 0 atom stereocenters. The molecular weight excluding hydrogens is 687 g/mol. The number of fused-ring (bicyclic) bond motifs is 9. The van der Waals surface area contributed by atoms with E-state index < -0.39 is 0 Å². The number of thiophene rings is 3. The lowest BCUT2D eigenvalue weighted by Gasteiger charge is -2.26. The van der Waals surface area contributed by atoms with Gasteiger partial charge in [0.15, 0.2) is 0 Å². The minimum Gasteiger partial charge on any atom is -0.310 e. The summed E-state index contributed by atoms with van der Waals surface area (Å²) in [5.41, 5.74) is 8.37. The molecule has 244 valence electrons. The Hall–Kier alpha value is -5.78. The van der Waals surface area contributed by atoms with Crippen molar-refractivity contribution < 1.29 is 0 Å². The lowest BCUT2D eigenvalue weighted by molar-refractivity contribution is 1.29. The van der Waals surface area contributed by atoms with Gasteiger partial charge >= 0.3 is 0 Å². The highest BCUT2D eigenvalue weighted by Gasteiger charge is 2.17. The van der Waals surface area contributed by atoms with Crippen molar-refractivity contribution in [3.63, 3.8) is 0 Å². The van der Waals surface area contributed by atoms with Crippen molar-refractivity contribution in [3.8, 4) is 22.3 Å². The van der Waals surface area contributed by atoms with Gasteiger partial charge in [0.1, 0.15) is 0 Å². The van der Waals surface area contributed by atoms with Crippen molar-refractivity contribution in [1.82, 2.24) is 0 Å². The molecule has 0 spiro atoms. The number of rotatable bonds is 5. The van der Waals surface area contributed by atoms with Gasteiger partial charge in [0, 0.05) is 77.6 Å². The smallest absolute Gasteiger partial charge is 0.0476 e. The van der Waals surface area contributed by atoms with E-state index in [-0.39, 0.29) is 0 Å². The van der Waals surface area contributed by atoms with E-state index >= 15 is 0 Å². The van der Waals surface area contributed by atoms with Gasteiger partial charge in [0.2, 0.25) is 0 Å². The Morgan fingerprint density at radius 1 is 0.288 bits per heavy atom. The zero-order valence-corrected chi connectivity index (χ0v) is 30.4. The van der Waals surface area contributed by atoms with Crippen LogP contribution in [-0.2, 0) is 0 Å². The van der Waals surface area contributed by atoms with Gasteiger partial charge < -0.3 is 4.90 Å². The highest BCUT2D eigenvalue weighted by atomic mass is 32.1. The standard InChI is InChI=1S/C48H29NS3/c1-4-12-42-37(8-1)39-26-20-32(28-46(39)51-42)30-16-21-33(22-17-30)49(35-25-27-40-38-9-2-5-13-43(38)52-47(40)29-35)34-23-18-31(19-24-34)36-11-7-15-45-48(36)41-10-3-6-14-44(41)50-45/h1-29H. The van der Waals surface area contributed by atoms with E-state index in [0.29, 0.717) is 0 Å². The molecule has 0 aliphatic rings. The summed E-state index contributed by atoms with van der Waals surface area (Å²) in [6.07, 6.45) is 0. The second-order valence-corrected chi connectivity index (χ2v) is 16.5. The normalized spacial score (nSPS) is 11.8. The third-order valence-electron chi connectivity index (χ3n) is 10.3. The summed E-state index contributed by atoms with van der Waals surface area (Å²) in [5, 5.41) is 7.96. The fourth-order valence-electron chi connectivity index (χ4n) is 7.81. The molecule has 0 amide bonds. The topological polar surface area (TPSA) is 3.24 Å². The Balaban J connectivity index is 1.02. The summed E-state index contributed by atoms with van der Waals surface area (Å²) in [4.78, 5) is 2.40. The Kier molecular flexibility index (Phi) is 6.84. The maximum absolute atomic E-state index is 2.40. The molecule has 11 aromatic rings. The molecule has 0 saturated heterocycles. The number of benzene rings is 8. The lowest BCUT2D eigenvalue weighted by atomic mass is 9.99. The lowest BCUT2D eigenvalue weighted by Crippen LogP contribution is -2.09. The van der Waals surface area contributed by atoms with E-state index in [1.807, 2.05) is 34.0 Å². The second kappa shape index (κ2) is 11.9. The first-order valence-corrected chi connectivity index (χ1v) is 19.9. The monoisotopic (exact) mass is 715 g/mol. The molecule has 0 N–H and O–H groups in total. The van der Waals surface area contributed by atoms with Crippen LogP contribution in [0.25, 0.3) is 82.8 Å². The first-order valence-electron chi connectivity index (χ1n) is 17.5. The van der Waals surface area contributed by atoms with Crippen LogP contribution < -0.4 is 4.90 Å². The summed E-state index contributed by atoms with van der Waals surface area (Å²) in [6.45, 7) is 0. The number of hydrogen-bond donors (Lipinski definition) is 0. The van der Waals surface area contributed by atoms with Crippen LogP contribution in [-0.4, -0.2) is 0 Å². The Morgan fingerprint density at radius 3 is 1.42 bits per heavy atom. The average Bonchev–Trinajstić information content (AvgIpc) is 3.89. The van der Waals surface area contributed by atoms with Crippen molar-refractivity contribution in [2.75, 3.05) is 4.90 Å². The van der Waals surface area contributed by atoms with E-state index in [0.717, 1.165) is 17.1 Å². The van der Waals surface area contributed by atoms with Gasteiger partial charge in [-0.25, -0.2) is 0 Å². The molecule has 3 heterocycles. The molecule has 1 nitrogen and oxygen atoms in total. The number of hydrogen-bond acceptors (Lipinski definition) is 4. The molecular formula is C48H29NS3. The SMILES string of the molecule is c1ccc2c(c1)sc1cc(-c3ccc(N(c4ccc(-c5cccc6sc7ccccc7c56)cc4)c4ccc5c(c4)sc4ccccc45)cc3)ccc12. The fraction of sp³-hybridized carbons (Fsp3) is 0. The third-order valence-corrected chi connectivity index (χ3v) is 13.7. The summed E-state index contributed by atoms with van der Waals surface area (Å²) >= 11 is 5.60. The molecule has 8 aromatic carbocycles. The summed E-state index contributed by atoms with van der Waals surface area (Å²) < 4.78 is 7.93. The molecule has 0 aliphatic heterocycles. The maximum atomic E-state index is 2.40. The van der Waals surface area contributed by atoms with Crippen LogP contribution >= 0.6 is 34.0 Å². The molecule has 0 fully saturated rings. The molecule has 0 radical (unpaired) electrons. The van der Waals surface area contributed by atoms with E-state index in [9.17, 15) is 0 Å². The van der Waals surface area contributed by atoms with Crippen LogP contribution in [0.3, 0.4) is 0 Å². The predicted octanol–water partition coefficient (Wildman–Crippen LogP) is 15.6. The molecule has 0 aliphatic carbocycles. The number of nitrogens with zero attached hydrogens (tertiary/aromatic N) is 1. The molecule has 0 bridgehead atoms. The maximum Gasteiger partial charge on any atom is 0.0476 e. The summed E-state index contributed by atoms with van der Waals surface area (Å²) in [6, 6.07) is 64.9. The largest absolute Gasteiger partial charge is 0.310 e. The molecule has 52 heavy (non-hydrogen) atoms. The van der Waals surface area contributed by atoms with Crippen LogP contribution in [0.15, 0.2) is 176 Å². The van der Waals surface area contributed by atoms with E-state index in [1.165, 1.54) is 82.8 Å². The summed E-state index contributed by atoms with van der Waals surface area (Å²) in [5.74, 6) is 0. The van der Waals surface area contributed by atoms with Gasteiger partial charge in [-0.1, -0.05) is 109 Å². The highest BCUT2D eigenvalue weighted by molar-refractivity contribution is 7.26. The third kappa shape index (κ3) is 4.80. The van der Waals surface area contributed by atoms with Gasteiger partial charge in [-0.15, -0.1) is 34.0 Å². The predicted molar refractivity (Wildman–Crippen MR) is 231 cm³/mol. The first kappa shape index (κ1) is 29.9. The van der Waals surface area contributed by atoms with Gasteiger partial charge in [-0.05, 0) is 89.0 Å². The van der Waals surface area contributed by atoms with Crippen molar-refractivity contribution in [2.24, 2.45) is 0 Å². The van der Waals surface area contributed by atoms with Crippen LogP contribution in [0.2, 0.25) is 0 Å².